The maximum Gasteiger partial charge on any atom is 0.0560 e. The van der Waals surface area contributed by atoms with Gasteiger partial charge in [0.1, 0.15) is 0 Å². The molecule has 3 nitrogen and oxygen atoms in total. The maximum atomic E-state index is 5.70. The number of aromatic nitrogens is 2. The van der Waals surface area contributed by atoms with Gasteiger partial charge in [-0.3, -0.25) is 4.68 Å². The molecule has 56 valence electrons. The molecule has 0 unspecified atom stereocenters. The zero-order valence-corrected chi connectivity index (χ0v) is 6.20. The van der Waals surface area contributed by atoms with Gasteiger partial charge in [-0.15, -0.1) is 0 Å². The first-order chi connectivity index (χ1) is 4.83. The summed E-state index contributed by atoms with van der Waals surface area (Å²) in [6.07, 6.45) is 4.69. The van der Waals surface area contributed by atoms with Gasteiger partial charge in [-0.05, 0) is 12.5 Å². The Bertz CT molecular complexity index is 169. The molecule has 0 fully saturated rings. The summed E-state index contributed by atoms with van der Waals surface area (Å²) in [5.41, 5.74) is 5.70. The summed E-state index contributed by atoms with van der Waals surface area (Å²) in [4.78, 5) is 0. The summed E-state index contributed by atoms with van der Waals surface area (Å²) in [5.74, 6) is 0. The van der Waals surface area contributed by atoms with Crippen LogP contribution in [0.25, 0.3) is 0 Å². The van der Waals surface area contributed by atoms with Crippen molar-refractivity contribution in [2.75, 3.05) is 0 Å². The third-order valence-corrected chi connectivity index (χ3v) is 1.51. The minimum atomic E-state index is 0.236. The molecule has 0 bridgehead atoms. The third kappa shape index (κ3) is 1.84. The highest BCUT2D eigenvalue weighted by molar-refractivity contribution is 4.78. The van der Waals surface area contributed by atoms with E-state index in [1.165, 1.54) is 0 Å². The molecular weight excluding hydrogens is 126 g/mol. The standard InChI is InChI=1S/C7H13N3/c1-2-7(8)6-10-5-3-4-9-10/h3-5,7H,2,6,8H2,1H3/t7-/m1/s1. The van der Waals surface area contributed by atoms with Gasteiger partial charge in [0.15, 0.2) is 0 Å². The number of nitrogens with two attached hydrogens (primary N) is 1. The first-order valence-electron chi connectivity index (χ1n) is 3.56. The molecule has 0 aromatic carbocycles. The third-order valence-electron chi connectivity index (χ3n) is 1.51. The number of hydrogen-bond donors (Lipinski definition) is 1. The van der Waals surface area contributed by atoms with Gasteiger partial charge in [-0.25, -0.2) is 0 Å². The molecule has 0 aliphatic rings. The molecule has 0 radical (unpaired) electrons. The lowest BCUT2D eigenvalue weighted by atomic mass is 10.2. The summed E-state index contributed by atoms with van der Waals surface area (Å²) in [5, 5.41) is 4.04. The molecule has 0 aliphatic heterocycles. The fourth-order valence-electron chi connectivity index (χ4n) is 0.778. The van der Waals surface area contributed by atoms with Crippen LogP contribution in [-0.2, 0) is 6.54 Å². The summed E-state index contributed by atoms with van der Waals surface area (Å²) < 4.78 is 1.86. The van der Waals surface area contributed by atoms with E-state index in [9.17, 15) is 0 Å². The predicted octanol–water partition coefficient (Wildman–Crippen LogP) is 0.620. The Labute approximate surface area is 60.8 Å². The van der Waals surface area contributed by atoms with Crippen molar-refractivity contribution >= 4 is 0 Å². The summed E-state index contributed by atoms with van der Waals surface area (Å²) in [7, 11) is 0. The second kappa shape index (κ2) is 3.37. The molecule has 1 aromatic heterocycles. The Kier molecular flexibility index (Phi) is 2.45. The fourth-order valence-corrected chi connectivity index (χ4v) is 0.778. The molecule has 0 saturated carbocycles. The van der Waals surface area contributed by atoms with Gasteiger partial charge in [0.05, 0.1) is 6.54 Å². The smallest absolute Gasteiger partial charge is 0.0560 e. The first kappa shape index (κ1) is 7.28. The van der Waals surface area contributed by atoms with Crippen LogP contribution >= 0.6 is 0 Å². The molecule has 10 heavy (non-hydrogen) atoms. The minimum Gasteiger partial charge on any atom is -0.326 e. The van der Waals surface area contributed by atoms with Crippen LogP contribution in [0.5, 0.6) is 0 Å². The maximum absolute atomic E-state index is 5.70. The average molecular weight is 139 g/mol. The Morgan fingerprint density at radius 3 is 3.00 bits per heavy atom. The van der Waals surface area contributed by atoms with Crippen molar-refractivity contribution in [2.24, 2.45) is 5.73 Å². The van der Waals surface area contributed by atoms with Crippen molar-refractivity contribution in [3.63, 3.8) is 0 Å². The predicted molar refractivity (Wildman–Crippen MR) is 40.5 cm³/mol. The lowest BCUT2D eigenvalue weighted by Crippen LogP contribution is -2.25. The minimum absolute atomic E-state index is 0.236. The van der Waals surface area contributed by atoms with E-state index >= 15 is 0 Å². The van der Waals surface area contributed by atoms with Crippen molar-refractivity contribution in [2.45, 2.75) is 25.9 Å². The molecule has 1 heterocycles. The van der Waals surface area contributed by atoms with Crippen molar-refractivity contribution < 1.29 is 0 Å². The van der Waals surface area contributed by atoms with Gasteiger partial charge in [0, 0.05) is 18.4 Å². The van der Waals surface area contributed by atoms with Crippen LogP contribution in [0.4, 0.5) is 0 Å². The van der Waals surface area contributed by atoms with Crippen molar-refractivity contribution in [1.29, 1.82) is 0 Å². The van der Waals surface area contributed by atoms with E-state index in [-0.39, 0.29) is 6.04 Å². The zero-order valence-electron chi connectivity index (χ0n) is 6.20. The van der Waals surface area contributed by atoms with E-state index in [4.69, 9.17) is 5.73 Å². The number of hydrogen-bond acceptors (Lipinski definition) is 2. The normalized spacial score (nSPS) is 13.4. The monoisotopic (exact) mass is 139 g/mol. The van der Waals surface area contributed by atoms with E-state index in [2.05, 4.69) is 12.0 Å². The highest BCUT2D eigenvalue weighted by Crippen LogP contribution is 1.91. The Hall–Kier alpha value is -0.830. The van der Waals surface area contributed by atoms with E-state index in [1.807, 2.05) is 16.9 Å². The second-order valence-corrected chi connectivity index (χ2v) is 2.40. The van der Waals surface area contributed by atoms with E-state index < -0.39 is 0 Å². The van der Waals surface area contributed by atoms with Gasteiger partial charge >= 0.3 is 0 Å². The van der Waals surface area contributed by atoms with Crippen LogP contribution in [0.1, 0.15) is 13.3 Å². The Morgan fingerprint density at radius 1 is 1.70 bits per heavy atom. The van der Waals surface area contributed by atoms with Crippen LogP contribution in [0.2, 0.25) is 0 Å². The Morgan fingerprint density at radius 2 is 2.50 bits per heavy atom. The molecule has 0 aliphatic carbocycles. The zero-order chi connectivity index (χ0) is 7.40. The van der Waals surface area contributed by atoms with Crippen molar-refractivity contribution in [3.8, 4) is 0 Å². The van der Waals surface area contributed by atoms with Gasteiger partial charge in [0.2, 0.25) is 0 Å². The molecule has 1 rings (SSSR count). The summed E-state index contributed by atoms with van der Waals surface area (Å²) >= 11 is 0. The van der Waals surface area contributed by atoms with E-state index in [1.54, 1.807) is 6.20 Å². The first-order valence-corrected chi connectivity index (χ1v) is 3.56. The van der Waals surface area contributed by atoms with Crippen molar-refractivity contribution in [1.82, 2.24) is 9.78 Å². The molecule has 3 heteroatoms. The SMILES string of the molecule is CC[C@@H](N)Cn1cccn1. The number of rotatable bonds is 3. The molecule has 2 N–H and O–H groups in total. The number of nitrogens with zero attached hydrogens (tertiary/aromatic N) is 2. The van der Waals surface area contributed by atoms with Crippen LogP contribution in [0.3, 0.4) is 0 Å². The molecule has 0 spiro atoms. The van der Waals surface area contributed by atoms with E-state index in [0.29, 0.717) is 0 Å². The van der Waals surface area contributed by atoms with Gasteiger partial charge < -0.3 is 5.73 Å². The highest BCUT2D eigenvalue weighted by atomic mass is 15.3. The Balaban J connectivity index is 2.40. The van der Waals surface area contributed by atoms with E-state index in [0.717, 1.165) is 13.0 Å². The van der Waals surface area contributed by atoms with Gasteiger partial charge in [-0.1, -0.05) is 6.92 Å². The molecular formula is C7H13N3. The van der Waals surface area contributed by atoms with Crippen LogP contribution in [0.15, 0.2) is 18.5 Å². The lowest BCUT2D eigenvalue weighted by Gasteiger charge is -2.07. The fraction of sp³-hybridized carbons (Fsp3) is 0.571. The topological polar surface area (TPSA) is 43.8 Å². The van der Waals surface area contributed by atoms with Crippen LogP contribution < -0.4 is 5.73 Å². The van der Waals surface area contributed by atoms with Crippen LogP contribution in [0, 0.1) is 0 Å². The van der Waals surface area contributed by atoms with Crippen LogP contribution in [-0.4, -0.2) is 15.8 Å². The molecule has 0 amide bonds. The molecule has 0 saturated heterocycles. The summed E-state index contributed by atoms with van der Waals surface area (Å²) in [6.45, 7) is 2.90. The van der Waals surface area contributed by atoms with Gasteiger partial charge in [0.25, 0.3) is 0 Å². The quantitative estimate of drug-likeness (QED) is 0.667. The average Bonchev–Trinajstić information content (AvgIpc) is 2.40. The largest absolute Gasteiger partial charge is 0.326 e. The van der Waals surface area contributed by atoms with Crippen molar-refractivity contribution in [3.05, 3.63) is 18.5 Å². The van der Waals surface area contributed by atoms with Gasteiger partial charge in [-0.2, -0.15) is 5.10 Å². The summed E-state index contributed by atoms with van der Waals surface area (Å²) in [6, 6.07) is 2.14. The molecule has 1 aromatic rings. The lowest BCUT2D eigenvalue weighted by molar-refractivity contribution is 0.500. The molecule has 1 atom stereocenters. The highest BCUT2D eigenvalue weighted by Gasteiger charge is 1.98. The second-order valence-electron chi connectivity index (χ2n) is 2.40.